The summed E-state index contributed by atoms with van der Waals surface area (Å²) in [6.07, 6.45) is -0.782. The number of carboxylic acid groups (broad SMARTS) is 1. The molecule has 1 aromatic carbocycles. The molecule has 0 aromatic heterocycles. The van der Waals surface area contributed by atoms with Gasteiger partial charge in [0.25, 0.3) is 0 Å². The Balaban J connectivity index is 2.20. The Morgan fingerprint density at radius 2 is 2.06 bits per heavy atom. The standard InChI is InChI=1S/C11H10F2O3/c12-11(13,10(14)15)4-7-1-2-8-5-16-6-9(8)3-7/h1-3H,4-6H2,(H,14,15). The highest BCUT2D eigenvalue weighted by atomic mass is 19.3. The van der Waals surface area contributed by atoms with Gasteiger partial charge in [-0.05, 0) is 16.7 Å². The summed E-state index contributed by atoms with van der Waals surface area (Å²) in [4.78, 5) is 10.3. The van der Waals surface area contributed by atoms with Gasteiger partial charge >= 0.3 is 11.9 Å². The number of benzene rings is 1. The molecule has 1 heterocycles. The number of carboxylic acids is 1. The van der Waals surface area contributed by atoms with E-state index in [0.717, 1.165) is 11.1 Å². The fourth-order valence-corrected chi connectivity index (χ4v) is 1.67. The zero-order valence-electron chi connectivity index (χ0n) is 8.37. The second kappa shape index (κ2) is 3.83. The molecule has 1 aromatic rings. The van der Waals surface area contributed by atoms with Crippen LogP contribution in [0.5, 0.6) is 0 Å². The van der Waals surface area contributed by atoms with Gasteiger partial charge in [0.05, 0.1) is 13.2 Å². The Labute approximate surface area is 90.7 Å². The van der Waals surface area contributed by atoms with Crippen LogP contribution in [-0.4, -0.2) is 17.0 Å². The molecule has 1 N–H and O–H groups in total. The van der Waals surface area contributed by atoms with Crippen LogP contribution < -0.4 is 0 Å². The molecule has 0 radical (unpaired) electrons. The lowest BCUT2D eigenvalue weighted by atomic mass is 10.0. The molecule has 3 nitrogen and oxygen atoms in total. The molecule has 1 aliphatic rings. The minimum atomic E-state index is -3.71. The van der Waals surface area contributed by atoms with Crippen molar-refractivity contribution >= 4 is 5.97 Å². The highest BCUT2D eigenvalue weighted by molar-refractivity contribution is 5.75. The predicted octanol–water partition coefficient (Wildman–Crippen LogP) is 1.98. The van der Waals surface area contributed by atoms with E-state index in [2.05, 4.69) is 0 Å². The highest BCUT2D eigenvalue weighted by Crippen LogP contribution is 2.25. The summed E-state index contributed by atoms with van der Waals surface area (Å²) < 4.78 is 31.0. The smallest absolute Gasteiger partial charge is 0.374 e. The lowest BCUT2D eigenvalue weighted by molar-refractivity contribution is -0.164. The minimum absolute atomic E-state index is 0.316. The van der Waals surface area contributed by atoms with Gasteiger partial charge in [-0.1, -0.05) is 18.2 Å². The van der Waals surface area contributed by atoms with Gasteiger partial charge in [0.15, 0.2) is 0 Å². The molecule has 0 bridgehead atoms. The van der Waals surface area contributed by atoms with Crippen LogP contribution in [-0.2, 0) is 29.2 Å². The lowest BCUT2D eigenvalue weighted by Crippen LogP contribution is -2.30. The third-order valence-corrected chi connectivity index (χ3v) is 2.52. The summed E-state index contributed by atoms with van der Waals surface area (Å²) in [7, 11) is 0. The quantitative estimate of drug-likeness (QED) is 0.860. The molecule has 16 heavy (non-hydrogen) atoms. The maximum Gasteiger partial charge on any atom is 0.374 e. The second-order valence-electron chi connectivity index (χ2n) is 3.78. The van der Waals surface area contributed by atoms with Crippen molar-refractivity contribution in [3.05, 3.63) is 34.9 Å². The summed E-state index contributed by atoms with van der Waals surface area (Å²) in [6, 6.07) is 4.80. The number of alkyl halides is 2. The molecule has 0 saturated heterocycles. The maximum atomic E-state index is 13.0. The predicted molar refractivity (Wildman–Crippen MR) is 51.2 cm³/mol. The summed E-state index contributed by atoms with van der Waals surface area (Å²) >= 11 is 0. The van der Waals surface area contributed by atoms with E-state index in [0.29, 0.717) is 18.8 Å². The van der Waals surface area contributed by atoms with Crippen LogP contribution in [0, 0.1) is 0 Å². The van der Waals surface area contributed by atoms with E-state index >= 15 is 0 Å². The van der Waals surface area contributed by atoms with Gasteiger partial charge in [0.2, 0.25) is 0 Å². The number of hydrogen-bond donors (Lipinski definition) is 1. The lowest BCUT2D eigenvalue weighted by Gasteiger charge is -2.11. The number of aliphatic carboxylic acids is 1. The summed E-state index contributed by atoms with van der Waals surface area (Å²) in [5.74, 6) is -5.81. The average Bonchev–Trinajstić information content (AvgIpc) is 2.63. The van der Waals surface area contributed by atoms with E-state index in [1.807, 2.05) is 0 Å². The van der Waals surface area contributed by atoms with Crippen LogP contribution in [0.15, 0.2) is 18.2 Å². The molecule has 0 saturated carbocycles. The first-order valence-electron chi connectivity index (χ1n) is 4.79. The molecule has 86 valence electrons. The van der Waals surface area contributed by atoms with E-state index < -0.39 is 18.3 Å². The molecule has 0 spiro atoms. The Hall–Kier alpha value is -1.49. The molecule has 1 aliphatic heterocycles. The van der Waals surface area contributed by atoms with Crippen molar-refractivity contribution in [3.63, 3.8) is 0 Å². The van der Waals surface area contributed by atoms with Gasteiger partial charge in [-0.3, -0.25) is 0 Å². The minimum Gasteiger partial charge on any atom is -0.477 e. The number of rotatable bonds is 3. The molecule has 5 heteroatoms. The Morgan fingerprint density at radius 1 is 1.38 bits per heavy atom. The molecular formula is C11H10F2O3. The van der Waals surface area contributed by atoms with E-state index in [1.165, 1.54) is 6.07 Å². The van der Waals surface area contributed by atoms with Gasteiger partial charge in [-0.15, -0.1) is 0 Å². The van der Waals surface area contributed by atoms with Crippen LogP contribution in [0.1, 0.15) is 16.7 Å². The van der Waals surface area contributed by atoms with Crippen molar-refractivity contribution in [1.29, 1.82) is 0 Å². The van der Waals surface area contributed by atoms with E-state index in [9.17, 15) is 13.6 Å². The molecular weight excluding hydrogens is 218 g/mol. The zero-order valence-corrected chi connectivity index (χ0v) is 8.37. The van der Waals surface area contributed by atoms with Crippen molar-refractivity contribution in [2.24, 2.45) is 0 Å². The third-order valence-electron chi connectivity index (χ3n) is 2.52. The highest BCUT2D eigenvalue weighted by Gasteiger charge is 2.38. The van der Waals surface area contributed by atoms with Gasteiger partial charge < -0.3 is 9.84 Å². The summed E-state index contributed by atoms with van der Waals surface area (Å²) in [5.41, 5.74) is 2.15. The number of halogens is 2. The fourth-order valence-electron chi connectivity index (χ4n) is 1.67. The first-order valence-corrected chi connectivity index (χ1v) is 4.79. The van der Waals surface area contributed by atoms with E-state index in [4.69, 9.17) is 9.84 Å². The van der Waals surface area contributed by atoms with Crippen molar-refractivity contribution in [3.8, 4) is 0 Å². The third kappa shape index (κ3) is 2.04. The molecule has 0 amide bonds. The first-order chi connectivity index (χ1) is 7.49. The number of ether oxygens (including phenoxy) is 1. The van der Waals surface area contributed by atoms with Crippen molar-refractivity contribution in [2.45, 2.75) is 25.6 Å². The van der Waals surface area contributed by atoms with Gasteiger partial charge in [0, 0.05) is 6.42 Å². The normalized spacial score (nSPS) is 14.9. The van der Waals surface area contributed by atoms with Crippen molar-refractivity contribution in [2.75, 3.05) is 0 Å². The van der Waals surface area contributed by atoms with E-state index in [1.54, 1.807) is 12.1 Å². The first kappa shape index (κ1) is 11.0. The molecule has 0 atom stereocenters. The van der Waals surface area contributed by atoms with Crippen molar-refractivity contribution < 1.29 is 23.4 Å². The second-order valence-corrected chi connectivity index (χ2v) is 3.78. The van der Waals surface area contributed by atoms with Crippen LogP contribution in [0.2, 0.25) is 0 Å². The Bertz CT molecular complexity index is 429. The molecule has 2 rings (SSSR count). The van der Waals surface area contributed by atoms with Crippen LogP contribution in [0.25, 0.3) is 0 Å². The molecule has 0 aliphatic carbocycles. The Morgan fingerprint density at radius 3 is 2.75 bits per heavy atom. The van der Waals surface area contributed by atoms with Gasteiger partial charge in [-0.25, -0.2) is 4.79 Å². The molecule has 0 fully saturated rings. The van der Waals surface area contributed by atoms with Crippen LogP contribution in [0.3, 0.4) is 0 Å². The molecule has 0 unspecified atom stereocenters. The number of carbonyl (C=O) groups is 1. The monoisotopic (exact) mass is 228 g/mol. The average molecular weight is 228 g/mol. The van der Waals surface area contributed by atoms with Crippen molar-refractivity contribution in [1.82, 2.24) is 0 Å². The van der Waals surface area contributed by atoms with Crippen LogP contribution >= 0.6 is 0 Å². The van der Waals surface area contributed by atoms with Gasteiger partial charge in [-0.2, -0.15) is 8.78 Å². The fraction of sp³-hybridized carbons (Fsp3) is 0.364. The Kier molecular flexibility index (Phi) is 2.63. The topological polar surface area (TPSA) is 46.5 Å². The van der Waals surface area contributed by atoms with E-state index in [-0.39, 0.29) is 0 Å². The zero-order chi connectivity index (χ0) is 11.8. The number of fused-ring (bicyclic) bond motifs is 1. The summed E-state index contributed by atoms with van der Waals surface area (Å²) in [5, 5.41) is 8.32. The number of hydrogen-bond acceptors (Lipinski definition) is 2. The largest absolute Gasteiger partial charge is 0.477 e. The van der Waals surface area contributed by atoms with Gasteiger partial charge in [0.1, 0.15) is 0 Å². The SMILES string of the molecule is O=C(O)C(F)(F)Cc1ccc2c(c1)COC2. The maximum absolute atomic E-state index is 13.0. The van der Waals surface area contributed by atoms with Crippen LogP contribution in [0.4, 0.5) is 8.78 Å². The summed E-state index contributed by atoms with van der Waals surface area (Å²) in [6.45, 7) is 0.896.